The van der Waals surface area contributed by atoms with Crippen LogP contribution in [-0.4, -0.2) is 24.6 Å². The average Bonchev–Trinajstić information content (AvgIpc) is 3.13. The van der Waals surface area contributed by atoms with Gasteiger partial charge in [-0.1, -0.05) is 0 Å². The molecule has 4 rings (SSSR count). The van der Waals surface area contributed by atoms with Crippen LogP contribution in [0.25, 0.3) is 22.0 Å². The number of aromatic hydroxyl groups is 1. The van der Waals surface area contributed by atoms with Gasteiger partial charge in [0.1, 0.15) is 0 Å². The van der Waals surface area contributed by atoms with Crippen molar-refractivity contribution in [3.05, 3.63) is 58.6 Å². The first-order valence-electron chi connectivity index (χ1n) is 8.13. The minimum absolute atomic E-state index is 0.250. The van der Waals surface area contributed by atoms with Crippen LogP contribution < -0.4 is 0 Å². The summed E-state index contributed by atoms with van der Waals surface area (Å²) in [4.78, 5) is 14.3. The predicted molar refractivity (Wildman–Crippen MR) is 99.9 cm³/mol. The molecule has 0 spiro atoms. The molecule has 1 N–H and O–H groups in total. The Morgan fingerprint density at radius 2 is 1.92 bits per heavy atom. The zero-order valence-corrected chi connectivity index (χ0v) is 14.9. The van der Waals surface area contributed by atoms with Gasteiger partial charge in [-0.3, -0.25) is 9.97 Å². The van der Waals surface area contributed by atoms with Gasteiger partial charge in [0.25, 0.3) is 0 Å². The van der Waals surface area contributed by atoms with E-state index < -0.39 is 0 Å². The van der Waals surface area contributed by atoms with E-state index in [2.05, 4.69) is 21.9 Å². The van der Waals surface area contributed by atoms with E-state index in [1.54, 1.807) is 29.9 Å². The molecule has 0 bridgehead atoms. The lowest BCUT2D eigenvalue weighted by Gasteiger charge is -2.05. The zero-order chi connectivity index (χ0) is 17.4. The number of hydrogen-bond donors (Lipinski definition) is 1. The molecule has 0 aliphatic rings. The third-order valence-electron chi connectivity index (χ3n) is 4.38. The van der Waals surface area contributed by atoms with Crippen molar-refractivity contribution in [1.29, 1.82) is 0 Å². The van der Waals surface area contributed by atoms with Gasteiger partial charge < -0.3 is 9.67 Å². The maximum absolute atomic E-state index is 10.8. The van der Waals surface area contributed by atoms with Crippen LogP contribution in [0.3, 0.4) is 0 Å². The van der Waals surface area contributed by atoms with Gasteiger partial charge in [-0.25, -0.2) is 4.98 Å². The maximum Gasteiger partial charge on any atom is 0.201 e. The van der Waals surface area contributed by atoms with Gasteiger partial charge in [-0.05, 0) is 43.2 Å². The molecule has 4 aromatic heterocycles. The molecule has 0 saturated heterocycles. The highest BCUT2D eigenvalue weighted by Crippen LogP contribution is 2.35. The summed E-state index contributed by atoms with van der Waals surface area (Å²) in [5.41, 5.74) is 3.85. The summed E-state index contributed by atoms with van der Waals surface area (Å²) in [7, 11) is 0. The van der Waals surface area contributed by atoms with Crippen LogP contribution in [0.2, 0.25) is 0 Å². The molecule has 0 aliphatic heterocycles. The van der Waals surface area contributed by atoms with E-state index in [9.17, 15) is 5.11 Å². The van der Waals surface area contributed by atoms with Crippen molar-refractivity contribution in [1.82, 2.24) is 19.5 Å². The van der Waals surface area contributed by atoms with Gasteiger partial charge in [-0.15, -0.1) is 11.3 Å². The van der Waals surface area contributed by atoms with Crippen LogP contribution in [0.1, 0.15) is 15.6 Å². The molecule has 0 aliphatic carbocycles. The van der Waals surface area contributed by atoms with Crippen molar-refractivity contribution in [3.63, 3.8) is 0 Å². The lowest BCUT2D eigenvalue weighted by Crippen LogP contribution is -1.99. The van der Waals surface area contributed by atoms with Crippen molar-refractivity contribution in [2.24, 2.45) is 0 Å². The van der Waals surface area contributed by atoms with Gasteiger partial charge >= 0.3 is 0 Å². The van der Waals surface area contributed by atoms with Crippen molar-refractivity contribution in [3.8, 4) is 17.0 Å². The summed E-state index contributed by atoms with van der Waals surface area (Å²) in [6, 6.07) is 5.80. The second-order valence-corrected chi connectivity index (χ2v) is 7.29. The number of aryl methyl sites for hydroxylation is 4. The lowest BCUT2D eigenvalue weighted by atomic mass is 10.1. The zero-order valence-electron chi connectivity index (χ0n) is 14.1. The Kier molecular flexibility index (Phi) is 3.97. The van der Waals surface area contributed by atoms with Crippen LogP contribution in [0, 0.1) is 13.8 Å². The highest BCUT2D eigenvalue weighted by molar-refractivity contribution is 7.11. The van der Waals surface area contributed by atoms with Crippen LogP contribution in [-0.2, 0) is 13.0 Å². The van der Waals surface area contributed by atoms with Crippen LogP contribution >= 0.6 is 11.3 Å². The Morgan fingerprint density at radius 1 is 1.12 bits per heavy atom. The molecule has 6 heteroatoms. The highest BCUT2D eigenvalue weighted by atomic mass is 32.1. The summed E-state index contributed by atoms with van der Waals surface area (Å²) >= 11 is 1.72. The molecular weight excluding hydrogens is 332 g/mol. The molecular formula is C19H18N4OS. The fourth-order valence-corrected chi connectivity index (χ4v) is 3.89. The Labute approximate surface area is 149 Å². The van der Waals surface area contributed by atoms with Gasteiger partial charge in [0, 0.05) is 42.6 Å². The third kappa shape index (κ3) is 2.89. The first-order valence-corrected chi connectivity index (χ1v) is 8.95. The smallest absolute Gasteiger partial charge is 0.201 e. The summed E-state index contributed by atoms with van der Waals surface area (Å²) in [6.45, 7) is 4.79. The second-order valence-electron chi connectivity index (χ2n) is 6.00. The van der Waals surface area contributed by atoms with Gasteiger partial charge in [0.15, 0.2) is 0 Å². The lowest BCUT2D eigenvalue weighted by molar-refractivity contribution is 0.422. The van der Waals surface area contributed by atoms with E-state index in [4.69, 9.17) is 0 Å². The van der Waals surface area contributed by atoms with E-state index >= 15 is 0 Å². The number of hydrogen-bond acceptors (Lipinski definition) is 5. The molecule has 0 fully saturated rings. The Balaban J connectivity index is 1.70. The second kappa shape index (κ2) is 6.29. The van der Waals surface area contributed by atoms with Crippen molar-refractivity contribution >= 4 is 22.2 Å². The summed E-state index contributed by atoms with van der Waals surface area (Å²) in [6.07, 6.45) is 7.97. The summed E-state index contributed by atoms with van der Waals surface area (Å²) in [5.74, 6) is 0.250. The van der Waals surface area contributed by atoms with E-state index in [0.717, 1.165) is 39.2 Å². The summed E-state index contributed by atoms with van der Waals surface area (Å²) in [5, 5.41) is 12.6. The number of aromatic nitrogens is 4. The highest BCUT2D eigenvalue weighted by Gasteiger charge is 2.15. The van der Waals surface area contributed by atoms with E-state index in [0.29, 0.717) is 6.54 Å². The van der Waals surface area contributed by atoms with Crippen LogP contribution in [0.15, 0.2) is 43.0 Å². The average molecular weight is 350 g/mol. The maximum atomic E-state index is 10.8. The molecule has 0 atom stereocenters. The summed E-state index contributed by atoms with van der Waals surface area (Å²) < 4.78 is 1.86. The van der Waals surface area contributed by atoms with Gasteiger partial charge in [0.2, 0.25) is 5.88 Å². The van der Waals surface area contributed by atoms with Crippen LogP contribution in [0.5, 0.6) is 5.88 Å². The first kappa shape index (κ1) is 15.8. The number of fused-ring (bicyclic) bond motifs is 1. The van der Waals surface area contributed by atoms with Crippen LogP contribution in [0.4, 0.5) is 0 Å². The van der Waals surface area contributed by atoms with Crippen molar-refractivity contribution in [2.45, 2.75) is 26.8 Å². The fraction of sp³-hybridized carbons (Fsp3) is 0.211. The van der Waals surface area contributed by atoms with Crippen molar-refractivity contribution in [2.75, 3.05) is 0 Å². The third-order valence-corrected chi connectivity index (χ3v) is 5.52. The standard InChI is InChI=1S/C19H18N4OS/c1-12-13(2)25-17(22-12)6-10-23-11-16-18(19(23)24)15(5-9-21-16)14-3-7-20-8-4-14/h3-5,7-9,11,24H,6,10H2,1-2H3. The molecule has 0 radical (unpaired) electrons. The topological polar surface area (TPSA) is 63.8 Å². The molecule has 5 nitrogen and oxygen atoms in total. The number of thiazole rings is 1. The quantitative estimate of drug-likeness (QED) is 0.601. The number of nitrogens with zero attached hydrogens (tertiary/aromatic N) is 4. The molecule has 4 aromatic rings. The predicted octanol–water partition coefficient (Wildman–Crippen LogP) is 4.12. The Hall–Kier alpha value is -2.73. The molecule has 0 unspecified atom stereocenters. The van der Waals surface area contributed by atoms with E-state index in [1.165, 1.54) is 4.88 Å². The molecule has 0 aromatic carbocycles. The monoisotopic (exact) mass is 350 g/mol. The first-order chi connectivity index (χ1) is 12.1. The molecule has 0 saturated carbocycles. The van der Waals surface area contributed by atoms with E-state index in [-0.39, 0.29) is 5.88 Å². The molecule has 0 amide bonds. The SMILES string of the molecule is Cc1nc(CCn2cc3nccc(-c4ccncc4)c3c2O)sc1C. The molecule has 4 heterocycles. The van der Waals surface area contributed by atoms with E-state index in [1.807, 2.05) is 35.9 Å². The minimum Gasteiger partial charge on any atom is -0.494 e. The van der Waals surface area contributed by atoms with Gasteiger partial charge in [0.05, 0.1) is 21.6 Å². The number of rotatable bonds is 4. The Morgan fingerprint density at radius 3 is 2.64 bits per heavy atom. The molecule has 25 heavy (non-hydrogen) atoms. The van der Waals surface area contributed by atoms with Crippen molar-refractivity contribution < 1.29 is 5.11 Å². The van der Waals surface area contributed by atoms with Gasteiger partial charge in [-0.2, -0.15) is 0 Å². The Bertz CT molecular complexity index is 1020. The molecule has 126 valence electrons. The normalized spacial score (nSPS) is 11.3. The largest absolute Gasteiger partial charge is 0.494 e. The fourth-order valence-electron chi connectivity index (χ4n) is 2.97. The number of pyridine rings is 2. The minimum atomic E-state index is 0.250.